The van der Waals surface area contributed by atoms with Crippen molar-refractivity contribution in [1.82, 2.24) is 9.55 Å². The van der Waals surface area contributed by atoms with E-state index in [1.54, 1.807) is 0 Å². The van der Waals surface area contributed by atoms with Crippen molar-refractivity contribution in [3.8, 4) is 0 Å². The van der Waals surface area contributed by atoms with Gasteiger partial charge in [0.25, 0.3) is 0 Å². The zero-order chi connectivity index (χ0) is 10.4. The van der Waals surface area contributed by atoms with Crippen LogP contribution in [0, 0.1) is 0 Å². The first-order valence-corrected chi connectivity index (χ1v) is 5.44. The molecule has 0 fully saturated rings. The van der Waals surface area contributed by atoms with E-state index in [2.05, 4.69) is 46.8 Å². The smallest absolute Gasteiger partial charge is 0.0908 e. The van der Waals surface area contributed by atoms with Gasteiger partial charge in [0.05, 0.1) is 16.7 Å². The minimum Gasteiger partial charge on any atom is -0.373 e. The summed E-state index contributed by atoms with van der Waals surface area (Å²) in [6, 6.07) is 4.78. The molecule has 3 rings (SSSR count). The molecule has 0 saturated heterocycles. The lowest BCUT2D eigenvalue weighted by Gasteiger charge is -2.17. The Morgan fingerprint density at radius 3 is 3.13 bits per heavy atom. The lowest BCUT2D eigenvalue weighted by Crippen LogP contribution is -2.18. The molecule has 1 atom stereocenters. The van der Waals surface area contributed by atoms with E-state index >= 15 is 0 Å². The van der Waals surface area contributed by atoms with Gasteiger partial charge in [-0.25, -0.2) is 0 Å². The summed E-state index contributed by atoms with van der Waals surface area (Å²) in [5.74, 6) is 0. The minimum atomic E-state index is 0.565. The van der Waals surface area contributed by atoms with E-state index in [-0.39, 0.29) is 0 Å². The Morgan fingerprint density at radius 1 is 1.40 bits per heavy atom. The molecule has 78 valence electrons. The fraction of sp³-hybridized carbons (Fsp3) is 0.417. The van der Waals surface area contributed by atoms with Crippen molar-refractivity contribution >= 4 is 16.7 Å². The summed E-state index contributed by atoms with van der Waals surface area (Å²) >= 11 is 0. The summed E-state index contributed by atoms with van der Waals surface area (Å²) in [6.45, 7) is 3.39. The quantitative estimate of drug-likeness (QED) is 0.652. The van der Waals surface area contributed by atoms with Gasteiger partial charge in [0.1, 0.15) is 0 Å². The first-order valence-electron chi connectivity index (χ1n) is 5.44. The molecule has 0 unspecified atom stereocenters. The molecule has 1 aliphatic rings. The van der Waals surface area contributed by atoms with Crippen LogP contribution in [0.25, 0.3) is 11.0 Å². The number of rotatable bonds is 0. The Kier molecular flexibility index (Phi) is 1.75. The molecule has 0 amide bonds. The van der Waals surface area contributed by atoms with E-state index < -0.39 is 0 Å². The average Bonchev–Trinajstić information content (AvgIpc) is 2.63. The monoisotopic (exact) mass is 201 g/mol. The van der Waals surface area contributed by atoms with Crippen LogP contribution in [-0.2, 0) is 0 Å². The Hall–Kier alpha value is -1.51. The number of nitrogens with zero attached hydrogens (tertiary/aromatic N) is 3. The first kappa shape index (κ1) is 8.77. The van der Waals surface area contributed by atoms with Gasteiger partial charge < -0.3 is 9.47 Å². The van der Waals surface area contributed by atoms with Gasteiger partial charge in [-0.15, -0.1) is 0 Å². The summed E-state index contributed by atoms with van der Waals surface area (Å²) < 4.78 is 2.35. The van der Waals surface area contributed by atoms with Gasteiger partial charge in [-0.05, 0) is 25.5 Å². The predicted octanol–water partition coefficient (Wildman–Crippen LogP) is 2.44. The van der Waals surface area contributed by atoms with Crippen LogP contribution in [-0.4, -0.2) is 23.1 Å². The Bertz CT molecular complexity index is 501. The number of hydrogen-bond donors (Lipinski definition) is 0. The molecule has 0 aliphatic carbocycles. The maximum absolute atomic E-state index is 4.41. The van der Waals surface area contributed by atoms with Gasteiger partial charge in [0.2, 0.25) is 0 Å². The molecular formula is C12H15N3. The molecule has 3 nitrogen and oxygen atoms in total. The van der Waals surface area contributed by atoms with Crippen molar-refractivity contribution in [2.75, 3.05) is 18.5 Å². The highest BCUT2D eigenvalue weighted by molar-refractivity contribution is 5.89. The van der Waals surface area contributed by atoms with Crippen molar-refractivity contribution in [2.45, 2.75) is 19.4 Å². The summed E-state index contributed by atoms with van der Waals surface area (Å²) in [4.78, 5) is 6.73. The Balaban J connectivity index is 2.38. The largest absolute Gasteiger partial charge is 0.373 e. The fourth-order valence-corrected chi connectivity index (χ4v) is 2.39. The maximum Gasteiger partial charge on any atom is 0.0908 e. The third-order valence-corrected chi connectivity index (χ3v) is 3.35. The molecule has 3 heterocycles. The Labute approximate surface area is 89.3 Å². The maximum atomic E-state index is 4.41. The van der Waals surface area contributed by atoms with Crippen molar-refractivity contribution < 1.29 is 0 Å². The van der Waals surface area contributed by atoms with E-state index in [9.17, 15) is 0 Å². The van der Waals surface area contributed by atoms with Crippen LogP contribution >= 0.6 is 0 Å². The van der Waals surface area contributed by atoms with Gasteiger partial charge in [0, 0.05) is 32.0 Å². The van der Waals surface area contributed by atoms with Crippen LogP contribution in [0.3, 0.4) is 0 Å². The molecule has 0 saturated carbocycles. The van der Waals surface area contributed by atoms with Crippen LogP contribution in [0.4, 0.5) is 5.69 Å². The zero-order valence-corrected chi connectivity index (χ0v) is 9.14. The van der Waals surface area contributed by atoms with Crippen LogP contribution in [0.5, 0.6) is 0 Å². The van der Waals surface area contributed by atoms with E-state index in [0.29, 0.717) is 6.04 Å². The Morgan fingerprint density at radius 2 is 2.27 bits per heavy atom. The lowest BCUT2D eigenvalue weighted by molar-refractivity contribution is 0.533. The van der Waals surface area contributed by atoms with Crippen molar-refractivity contribution in [3.63, 3.8) is 0 Å². The first-order chi connectivity index (χ1) is 7.27. The summed E-state index contributed by atoms with van der Waals surface area (Å²) in [5, 5.41) is 0. The van der Waals surface area contributed by atoms with Crippen molar-refractivity contribution in [2.24, 2.45) is 0 Å². The minimum absolute atomic E-state index is 0.565. The van der Waals surface area contributed by atoms with Gasteiger partial charge in [-0.2, -0.15) is 0 Å². The number of pyridine rings is 1. The lowest BCUT2D eigenvalue weighted by atomic mass is 10.2. The molecule has 0 spiro atoms. The second-order valence-electron chi connectivity index (χ2n) is 4.35. The topological polar surface area (TPSA) is 21.1 Å². The molecular weight excluding hydrogens is 186 g/mol. The van der Waals surface area contributed by atoms with Crippen LogP contribution in [0.2, 0.25) is 0 Å². The van der Waals surface area contributed by atoms with E-state index in [1.165, 1.54) is 17.6 Å². The molecule has 2 aromatic rings. The molecule has 0 bridgehead atoms. The third kappa shape index (κ3) is 1.16. The fourth-order valence-electron chi connectivity index (χ4n) is 2.39. The molecule has 0 aromatic carbocycles. The number of hydrogen-bond acceptors (Lipinski definition) is 2. The predicted molar refractivity (Wildman–Crippen MR) is 62.3 cm³/mol. The molecule has 0 N–H and O–H groups in total. The van der Waals surface area contributed by atoms with Crippen molar-refractivity contribution in [1.29, 1.82) is 0 Å². The molecule has 1 aliphatic heterocycles. The molecule has 0 radical (unpaired) electrons. The van der Waals surface area contributed by atoms with Crippen molar-refractivity contribution in [3.05, 3.63) is 24.5 Å². The van der Waals surface area contributed by atoms with Crippen LogP contribution < -0.4 is 4.90 Å². The van der Waals surface area contributed by atoms with Gasteiger partial charge >= 0.3 is 0 Å². The number of aromatic nitrogens is 2. The summed E-state index contributed by atoms with van der Waals surface area (Å²) in [6.07, 6.45) is 5.24. The third-order valence-electron chi connectivity index (χ3n) is 3.35. The zero-order valence-electron chi connectivity index (χ0n) is 9.14. The van der Waals surface area contributed by atoms with Gasteiger partial charge in [0.15, 0.2) is 0 Å². The highest BCUT2D eigenvalue weighted by atomic mass is 15.2. The van der Waals surface area contributed by atoms with Crippen LogP contribution in [0.15, 0.2) is 24.5 Å². The summed E-state index contributed by atoms with van der Waals surface area (Å²) in [7, 11) is 2.16. The molecule has 3 heteroatoms. The summed E-state index contributed by atoms with van der Waals surface area (Å²) in [5.41, 5.74) is 3.69. The average molecular weight is 201 g/mol. The van der Waals surface area contributed by atoms with E-state index in [1.807, 2.05) is 6.20 Å². The molecule has 2 aromatic heterocycles. The second kappa shape index (κ2) is 2.99. The SMILES string of the molecule is C[C@@H]1CCN(C)c2ccnc3ccn1c23. The van der Waals surface area contributed by atoms with Gasteiger partial charge in [-0.3, -0.25) is 4.98 Å². The van der Waals surface area contributed by atoms with E-state index in [4.69, 9.17) is 0 Å². The normalized spacial score (nSPS) is 20.7. The second-order valence-corrected chi connectivity index (χ2v) is 4.35. The van der Waals surface area contributed by atoms with Gasteiger partial charge in [-0.1, -0.05) is 0 Å². The molecule has 15 heavy (non-hydrogen) atoms. The standard InChI is InChI=1S/C12H15N3/c1-9-4-7-14(2)11-3-6-13-10-5-8-15(9)12(10)11/h3,5-6,8-9H,4,7H2,1-2H3/t9-/m1/s1. The highest BCUT2D eigenvalue weighted by Crippen LogP contribution is 2.32. The number of anilines is 1. The van der Waals surface area contributed by atoms with Crippen LogP contribution in [0.1, 0.15) is 19.4 Å². The highest BCUT2D eigenvalue weighted by Gasteiger charge is 2.18. The van der Waals surface area contributed by atoms with E-state index in [0.717, 1.165) is 12.1 Å².